The van der Waals surface area contributed by atoms with Crippen LogP contribution in [0.4, 0.5) is 5.69 Å². The zero-order valence-electron chi connectivity index (χ0n) is 15.9. The number of nitrogens with zero attached hydrogens (tertiary/aromatic N) is 1. The Morgan fingerprint density at radius 1 is 1.17 bits per heavy atom. The number of carbonyl (C=O) groups is 1. The molecule has 2 aliphatic rings. The maximum atomic E-state index is 13.1. The summed E-state index contributed by atoms with van der Waals surface area (Å²) < 4.78 is 34.1. The van der Waals surface area contributed by atoms with E-state index in [0.717, 1.165) is 35.9 Å². The van der Waals surface area contributed by atoms with Crippen molar-refractivity contribution in [1.29, 1.82) is 0 Å². The summed E-state index contributed by atoms with van der Waals surface area (Å²) in [7, 11) is -3.65. The lowest BCUT2D eigenvalue weighted by Gasteiger charge is -2.30. The van der Waals surface area contributed by atoms with Gasteiger partial charge in [0.2, 0.25) is 0 Å². The van der Waals surface area contributed by atoms with Crippen molar-refractivity contribution in [2.24, 2.45) is 0 Å². The number of benzene rings is 2. The summed E-state index contributed by atoms with van der Waals surface area (Å²) in [4.78, 5) is 12.8. The number of hydrogen-bond acceptors (Lipinski definition) is 4. The van der Waals surface area contributed by atoms with Gasteiger partial charge in [0.1, 0.15) is 0 Å². The second-order valence-corrected chi connectivity index (χ2v) is 10.1. The van der Waals surface area contributed by atoms with Gasteiger partial charge in [0, 0.05) is 29.7 Å². The van der Waals surface area contributed by atoms with Crippen LogP contribution < -0.4 is 9.62 Å². The molecule has 29 heavy (non-hydrogen) atoms. The summed E-state index contributed by atoms with van der Waals surface area (Å²) in [5, 5.41) is 2.92. The number of hydrogen-bond donors (Lipinski definition) is 1. The van der Waals surface area contributed by atoms with E-state index < -0.39 is 10.0 Å². The minimum absolute atomic E-state index is 0.0862. The average molecular weight is 479 g/mol. The Hall–Kier alpha value is -1.90. The third-order valence-electron chi connectivity index (χ3n) is 5.33. The van der Waals surface area contributed by atoms with Gasteiger partial charge < -0.3 is 10.1 Å². The van der Waals surface area contributed by atoms with Crippen LogP contribution in [0.1, 0.15) is 35.2 Å². The molecule has 2 aliphatic heterocycles. The predicted octanol–water partition coefficient (Wildman–Crippen LogP) is 3.50. The molecule has 0 radical (unpaired) electrons. The number of sulfonamides is 1. The predicted molar refractivity (Wildman–Crippen MR) is 115 cm³/mol. The molecule has 2 aromatic carbocycles. The number of carbonyl (C=O) groups excluding carboxylic acids is 1. The van der Waals surface area contributed by atoms with Crippen molar-refractivity contribution in [2.45, 2.75) is 36.7 Å². The van der Waals surface area contributed by atoms with Crippen molar-refractivity contribution in [1.82, 2.24) is 5.32 Å². The molecule has 8 heteroatoms. The van der Waals surface area contributed by atoms with E-state index in [0.29, 0.717) is 30.8 Å². The van der Waals surface area contributed by atoms with Crippen molar-refractivity contribution in [3.05, 3.63) is 58.1 Å². The molecule has 1 N–H and O–H groups in total. The fourth-order valence-electron chi connectivity index (χ4n) is 3.80. The van der Waals surface area contributed by atoms with Gasteiger partial charge in [0.25, 0.3) is 15.9 Å². The highest BCUT2D eigenvalue weighted by atomic mass is 79.9. The lowest BCUT2D eigenvalue weighted by atomic mass is 10.0. The van der Waals surface area contributed by atoms with E-state index in [1.165, 1.54) is 4.31 Å². The van der Waals surface area contributed by atoms with E-state index in [4.69, 9.17) is 4.74 Å². The van der Waals surface area contributed by atoms with E-state index in [9.17, 15) is 13.2 Å². The van der Waals surface area contributed by atoms with Gasteiger partial charge in [0.15, 0.2) is 0 Å². The van der Waals surface area contributed by atoms with E-state index in [-0.39, 0.29) is 16.9 Å². The Bertz CT molecular complexity index is 1000. The van der Waals surface area contributed by atoms with Crippen molar-refractivity contribution in [3.63, 3.8) is 0 Å². The highest BCUT2D eigenvalue weighted by Crippen LogP contribution is 2.33. The minimum atomic E-state index is -3.65. The van der Waals surface area contributed by atoms with E-state index in [2.05, 4.69) is 21.2 Å². The first-order valence-electron chi connectivity index (χ1n) is 9.76. The van der Waals surface area contributed by atoms with Crippen LogP contribution in [0.25, 0.3) is 0 Å². The largest absolute Gasteiger partial charge is 0.376 e. The number of ether oxygens (including phenoxy) is 1. The Morgan fingerprint density at radius 3 is 2.69 bits per heavy atom. The van der Waals surface area contributed by atoms with Crippen LogP contribution in [-0.2, 0) is 21.2 Å². The number of rotatable bonds is 5. The molecule has 4 rings (SSSR count). The van der Waals surface area contributed by atoms with Gasteiger partial charge >= 0.3 is 0 Å². The van der Waals surface area contributed by atoms with Gasteiger partial charge in [-0.25, -0.2) is 8.42 Å². The molecular weight excluding hydrogens is 456 g/mol. The molecule has 0 unspecified atom stereocenters. The second-order valence-electron chi connectivity index (χ2n) is 7.32. The quantitative estimate of drug-likeness (QED) is 0.713. The Morgan fingerprint density at radius 2 is 1.97 bits per heavy atom. The maximum absolute atomic E-state index is 13.1. The molecule has 154 valence electrons. The monoisotopic (exact) mass is 478 g/mol. The fraction of sp³-hybridized carbons (Fsp3) is 0.381. The summed E-state index contributed by atoms with van der Waals surface area (Å²) >= 11 is 3.34. The lowest BCUT2D eigenvalue weighted by Crippen LogP contribution is -2.36. The van der Waals surface area contributed by atoms with E-state index >= 15 is 0 Å². The molecule has 0 spiro atoms. The molecule has 1 saturated heterocycles. The van der Waals surface area contributed by atoms with Crippen LogP contribution in [0.15, 0.2) is 51.8 Å². The molecule has 1 fully saturated rings. The summed E-state index contributed by atoms with van der Waals surface area (Å²) in [6.07, 6.45) is 3.54. The number of aryl methyl sites for hydroxylation is 1. The first kappa shape index (κ1) is 20.4. The molecule has 0 bridgehead atoms. The van der Waals surface area contributed by atoms with Crippen molar-refractivity contribution in [3.8, 4) is 0 Å². The number of anilines is 1. The third-order valence-corrected chi connectivity index (χ3v) is 7.69. The number of nitrogens with one attached hydrogen (secondary N) is 1. The van der Waals surface area contributed by atoms with Crippen molar-refractivity contribution in [2.75, 3.05) is 24.0 Å². The fourth-order valence-corrected chi connectivity index (χ4v) is 5.61. The molecule has 2 heterocycles. The van der Waals surface area contributed by atoms with Gasteiger partial charge in [-0.15, -0.1) is 0 Å². The van der Waals surface area contributed by atoms with Crippen LogP contribution in [-0.4, -0.2) is 40.1 Å². The highest BCUT2D eigenvalue weighted by Gasteiger charge is 2.29. The molecule has 2 aromatic rings. The summed E-state index contributed by atoms with van der Waals surface area (Å²) in [6.45, 7) is 1.68. The van der Waals surface area contributed by atoms with E-state index in [1.54, 1.807) is 36.4 Å². The molecule has 0 aliphatic carbocycles. The van der Waals surface area contributed by atoms with Gasteiger partial charge in [-0.1, -0.05) is 15.9 Å². The van der Waals surface area contributed by atoms with Crippen molar-refractivity contribution >= 4 is 37.5 Å². The zero-order chi connectivity index (χ0) is 20.4. The van der Waals surface area contributed by atoms with Crippen LogP contribution in [0.3, 0.4) is 0 Å². The molecule has 1 atom stereocenters. The summed E-state index contributed by atoms with van der Waals surface area (Å²) in [6, 6.07) is 11.9. The third kappa shape index (κ3) is 4.34. The number of fused-ring (bicyclic) bond motifs is 1. The van der Waals surface area contributed by atoms with Gasteiger partial charge in [-0.05, 0) is 73.7 Å². The van der Waals surface area contributed by atoms with Crippen molar-refractivity contribution < 1.29 is 17.9 Å². The van der Waals surface area contributed by atoms with Crippen LogP contribution in [0.5, 0.6) is 0 Å². The second kappa shape index (κ2) is 8.45. The maximum Gasteiger partial charge on any atom is 0.264 e. The standard InChI is InChI=1S/C21H23BrN2O4S/c22-17-6-8-19(9-7-17)29(26,27)24-11-1-3-15-13-16(5-10-20(15)24)21(25)23-14-18-4-2-12-28-18/h5-10,13,18H,1-4,11-12,14H2,(H,23,25)/t18-/m1/s1. The molecule has 0 aromatic heterocycles. The van der Waals surface area contributed by atoms with Gasteiger partial charge in [-0.2, -0.15) is 0 Å². The molecular formula is C21H23BrN2O4S. The number of amides is 1. The Balaban J connectivity index is 1.55. The zero-order valence-corrected chi connectivity index (χ0v) is 18.3. The highest BCUT2D eigenvalue weighted by molar-refractivity contribution is 9.10. The summed E-state index contributed by atoms with van der Waals surface area (Å²) in [5.74, 6) is -0.156. The topological polar surface area (TPSA) is 75.7 Å². The molecule has 1 amide bonds. The Kier molecular flexibility index (Phi) is 5.94. The van der Waals surface area contributed by atoms with Gasteiger partial charge in [-0.3, -0.25) is 9.10 Å². The van der Waals surface area contributed by atoms with Crippen LogP contribution >= 0.6 is 15.9 Å². The first-order chi connectivity index (χ1) is 13.9. The van der Waals surface area contributed by atoms with E-state index in [1.807, 2.05) is 6.07 Å². The summed E-state index contributed by atoms with van der Waals surface area (Å²) in [5.41, 5.74) is 2.07. The molecule has 6 nitrogen and oxygen atoms in total. The van der Waals surface area contributed by atoms with Crippen LogP contribution in [0.2, 0.25) is 0 Å². The minimum Gasteiger partial charge on any atom is -0.376 e. The van der Waals surface area contributed by atoms with Gasteiger partial charge in [0.05, 0.1) is 16.7 Å². The molecule has 0 saturated carbocycles. The first-order valence-corrected chi connectivity index (χ1v) is 12.0. The number of halogens is 1. The normalized spacial score (nSPS) is 19.1. The van der Waals surface area contributed by atoms with Crippen LogP contribution in [0, 0.1) is 0 Å². The smallest absolute Gasteiger partial charge is 0.264 e. The average Bonchev–Trinajstić information content (AvgIpc) is 3.25. The Labute approximate surface area is 179 Å². The SMILES string of the molecule is O=C(NC[C@H]1CCCO1)c1ccc2c(c1)CCCN2S(=O)(=O)c1ccc(Br)cc1. The lowest BCUT2D eigenvalue weighted by molar-refractivity contribution is 0.0857.